The van der Waals surface area contributed by atoms with Crippen LogP contribution >= 0.6 is 0 Å². The van der Waals surface area contributed by atoms with Crippen LogP contribution in [0, 0.1) is 5.92 Å². The Balaban J connectivity index is 2.97. The summed E-state index contributed by atoms with van der Waals surface area (Å²) in [7, 11) is -1.38. The molecule has 4 nitrogen and oxygen atoms in total. The Morgan fingerprint density at radius 2 is 1.80 bits per heavy atom. The zero-order valence-electron chi connectivity index (χ0n) is 8.37. The van der Waals surface area contributed by atoms with E-state index in [-0.39, 0.29) is 13.1 Å². The average molecular weight is 246 g/mol. The lowest BCUT2D eigenvalue weighted by molar-refractivity contribution is -0.167. The average Bonchev–Trinajstić information content (AvgIpc) is 2.49. The summed E-state index contributed by atoms with van der Waals surface area (Å²) < 4.78 is 61.4. The van der Waals surface area contributed by atoms with Crippen LogP contribution in [0.15, 0.2) is 0 Å². The molecule has 1 aliphatic heterocycles. The zero-order chi connectivity index (χ0) is 11.9. The quantitative estimate of drug-likeness (QED) is 0.747. The van der Waals surface area contributed by atoms with Crippen molar-refractivity contribution >= 4 is 10.0 Å². The second-order valence-corrected chi connectivity index (χ2v) is 6.04. The standard InChI is InChI=1S/C7H13F3N2O2S/c1-12(2)15(13,14)6-4-11-3-5(6)7(8,9)10/h5-6,11H,3-4H2,1-2H3/t5-,6-/m0/s1. The van der Waals surface area contributed by atoms with E-state index in [4.69, 9.17) is 0 Å². The molecule has 1 aliphatic rings. The monoisotopic (exact) mass is 246 g/mol. The van der Waals surface area contributed by atoms with Crippen molar-refractivity contribution in [2.24, 2.45) is 5.92 Å². The number of nitrogens with one attached hydrogen (secondary N) is 1. The Morgan fingerprint density at radius 3 is 2.20 bits per heavy atom. The smallest absolute Gasteiger partial charge is 0.315 e. The second-order valence-electron chi connectivity index (χ2n) is 3.67. The number of rotatable bonds is 2. The van der Waals surface area contributed by atoms with Gasteiger partial charge in [-0.05, 0) is 0 Å². The van der Waals surface area contributed by atoms with Crippen LogP contribution in [0.25, 0.3) is 0 Å². The highest BCUT2D eigenvalue weighted by Gasteiger charge is 2.52. The first-order valence-corrected chi connectivity index (χ1v) is 5.86. The minimum Gasteiger partial charge on any atom is -0.315 e. The summed E-state index contributed by atoms with van der Waals surface area (Å²) in [4.78, 5) is 0. The fraction of sp³-hybridized carbons (Fsp3) is 1.00. The molecule has 90 valence electrons. The fourth-order valence-electron chi connectivity index (χ4n) is 1.56. The summed E-state index contributed by atoms with van der Waals surface area (Å²) in [5.41, 5.74) is 0. The molecule has 0 aromatic heterocycles. The molecule has 15 heavy (non-hydrogen) atoms. The van der Waals surface area contributed by atoms with Crippen molar-refractivity contribution in [1.82, 2.24) is 9.62 Å². The number of nitrogens with zero attached hydrogens (tertiary/aromatic N) is 1. The van der Waals surface area contributed by atoms with Gasteiger partial charge in [0.05, 0.1) is 5.92 Å². The SMILES string of the molecule is CN(C)S(=O)(=O)[C@H]1CNC[C@@H]1C(F)(F)F. The van der Waals surface area contributed by atoms with Crippen LogP contribution in [-0.2, 0) is 10.0 Å². The van der Waals surface area contributed by atoms with Crippen LogP contribution in [-0.4, -0.2) is 51.3 Å². The Morgan fingerprint density at radius 1 is 1.27 bits per heavy atom. The summed E-state index contributed by atoms with van der Waals surface area (Å²) in [5.74, 6) is -1.81. The number of sulfonamides is 1. The van der Waals surface area contributed by atoms with Crippen molar-refractivity contribution in [3.63, 3.8) is 0 Å². The Hall–Kier alpha value is -0.340. The molecule has 0 unspecified atom stereocenters. The van der Waals surface area contributed by atoms with Gasteiger partial charge in [-0.1, -0.05) is 0 Å². The number of alkyl halides is 3. The van der Waals surface area contributed by atoms with Crippen molar-refractivity contribution in [3.05, 3.63) is 0 Å². The third kappa shape index (κ3) is 2.43. The largest absolute Gasteiger partial charge is 0.394 e. The van der Waals surface area contributed by atoms with E-state index >= 15 is 0 Å². The highest BCUT2D eigenvalue weighted by molar-refractivity contribution is 7.89. The zero-order valence-corrected chi connectivity index (χ0v) is 9.19. The van der Waals surface area contributed by atoms with E-state index in [2.05, 4.69) is 5.32 Å². The molecule has 1 N–H and O–H groups in total. The minimum atomic E-state index is -4.47. The summed E-state index contributed by atoms with van der Waals surface area (Å²) >= 11 is 0. The summed E-state index contributed by atoms with van der Waals surface area (Å²) in [5, 5.41) is 1.05. The van der Waals surface area contributed by atoms with Crippen molar-refractivity contribution in [2.75, 3.05) is 27.2 Å². The van der Waals surface area contributed by atoms with Gasteiger partial charge in [0.2, 0.25) is 10.0 Å². The first-order valence-electron chi connectivity index (χ1n) is 4.36. The maximum Gasteiger partial charge on any atom is 0.394 e. The van der Waals surface area contributed by atoms with Gasteiger partial charge >= 0.3 is 6.18 Å². The summed E-state index contributed by atoms with van der Waals surface area (Å²) in [6, 6.07) is 0. The van der Waals surface area contributed by atoms with Gasteiger partial charge < -0.3 is 5.32 Å². The van der Waals surface area contributed by atoms with E-state index < -0.39 is 27.4 Å². The van der Waals surface area contributed by atoms with Crippen molar-refractivity contribution in [1.29, 1.82) is 0 Å². The Bertz CT molecular complexity index is 326. The molecule has 0 saturated carbocycles. The van der Waals surface area contributed by atoms with E-state index in [1.807, 2.05) is 0 Å². The lowest BCUT2D eigenvalue weighted by Crippen LogP contribution is -2.43. The van der Waals surface area contributed by atoms with Gasteiger partial charge in [0.25, 0.3) is 0 Å². The highest BCUT2D eigenvalue weighted by Crippen LogP contribution is 2.34. The predicted molar refractivity (Wildman–Crippen MR) is 48.8 cm³/mol. The molecule has 8 heteroatoms. The van der Waals surface area contributed by atoms with Crippen LogP contribution in [0.1, 0.15) is 0 Å². The third-order valence-electron chi connectivity index (χ3n) is 2.47. The third-order valence-corrected chi connectivity index (χ3v) is 4.75. The van der Waals surface area contributed by atoms with Gasteiger partial charge in [0.15, 0.2) is 0 Å². The van der Waals surface area contributed by atoms with Crippen LogP contribution < -0.4 is 5.32 Å². The van der Waals surface area contributed by atoms with E-state index in [0.717, 1.165) is 4.31 Å². The first kappa shape index (κ1) is 12.7. The van der Waals surface area contributed by atoms with E-state index in [1.165, 1.54) is 14.1 Å². The first-order chi connectivity index (χ1) is 6.67. The van der Waals surface area contributed by atoms with Gasteiger partial charge in [-0.2, -0.15) is 13.2 Å². The molecule has 0 radical (unpaired) electrons. The van der Waals surface area contributed by atoms with Crippen LogP contribution in [0.2, 0.25) is 0 Å². The summed E-state index contributed by atoms with van der Waals surface area (Å²) in [6.45, 7) is -0.480. The highest BCUT2D eigenvalue weighted by atomic mass is 32.2. The topological polar surface area (TPSA) is 49.4 Å². The van der Waals surface area contributed by atoms with E-state index in [0.29, 0.717) is 0 Å². The predicted octanol–water partition coefficient (Wildman–Crippen LogP) is 0.0281. The van der Waals surface area contributed by atoms with Crippen molar-refractivity contribution in [3.8, 4) is 0 Å². The molecular formula is C7H13F3N2O2S. The molecular weight excluding hydrogens is 233 g/mol. The molecule has 0 aliphatic carbocycles. The molecule has 0 aromatic carbocycles. The number of hydrogen-bond donors (Lipinski definition) is 1. The molecule has 1 saturated heterocycles. The normalized spacial score (nSPS) is 28.7. The molecule has 2 atom stereocenters. The molecule has 1 heterocycles. The molecule has 0 bridgehead atoms. The van der Waals surface area contributed by atoms with Gasteiger partial charge in [-0.3, -0.25) is 0 Å². The fourth-order valence-corrected chi connectivity index (χ4v) is 3.10. The molecule has 1 rings (SSSR count). The molecule has 0 amide bonds. The Kier molecular flexibility index (Phi) is 3.32. The maximum atomic E-state index is 12.5. The van der Waals surface area contributed by atoms with Crippen LogP contribution in [0.4, 0.5) is 13.2 Å². The van der Waals surface area contributed by atoms with Crippen LogP contribution in [0.5, 0.6) is 0 Å². The minimum absolute atomic E-state index is 0.148. The van der Waals surface area contributed by atoms with Gasteiger partial charge in [-0.15, -0.1) is 0 Å². The molecule has 1 fully saturated rings. The molecule has 0 spiro atoms. The lowest BCUT2D eigenvalue weighted by atomic mass is 10.1. The van der Waals surface area contributed by atoms with Crippen molar-refractivity contribution < 1.29 is 21.6 Å². The van der Waals surface area contributed by atoms with Gasteiger partial charge in [0, 0.05) is 27.2 Å². The summed E-state index contributed by atoms with van der Waals surface area (Å²) in [6.07, 6.45) is -4.47. The van der Waals surface area contributed by atoms with Crippen LogP contribution in [0.3, 0.4) is 0 Å². The second kappa shape index (κ2) is 3.91. The number of halogens is 3. The lowest BCUT2D eigenvalue weighted by Gasteiger charge is -2.24. The Labute approximate surface area is 86.5 Å². The van der Waals surface area contributed by atoms with Gasteiger partial charge in [0.1, 0.15) is 5.25 Å². The van der Waals surface area contributed by atoms with Crippen molar-refractivity contribution in [2.45, 2.75) is 11.4 Å². The van der Waals surface area contributed by atoms with E-state index in [9.17, 15) is 21.6 Å². The number of hydrogen-bond acceptors (Lipinski definition) is 3. The van der Waals surface area contributed by atoms with Gasteiger partial charge in [-0.25, -0.2) is 12.7 Å². The maximum absolute atomic E-state index is 12.5. The molecule has 0 aromatic rings. The van der Waals surface area contributed by atoms with E-state index in [1.54, 1.807) is 0 Å².